The summed E-state index contributed by atoms with van der Waals surface area (Å²) >= 11 is 6.17. The van der Waals surface area contributed by atoms with Crippen LogP contribution in [0.1, 0.15) is 0 Å². The van der Waals surface area contributed by atoms with Crippen molar-refractivity contribution in [2.45, 2.75) is 9.66 Å². The predicted octanol–water partition coefficient (Wildman–Crippen LogP) is 1.45. The second kappa shape index (κ2) is 3.62. The molecule has 0 aliphatic carbocycles. The van der Waals surface area contributed by atoms with Crippen molar-refractivity contribution >= 4 is 55.5 Å². The molecule has 4 nitrogen and oxygen atoms in total. The minimum Gasteiger partial charge on any atom is -0.467 e. The number of alkyl halides is 1. The number of hydrogen-bond donors (Lipinski definition) is 0. The lowest BCUT2D eigenvalue weighted by molar-refractivity contribution is -0.139. The summed E-state index contributed by atoms with van der Waals surface area (Å²) in [6.45, 7) is 0. The highest BCUT2D eigenvalue weighted by molar-refractivity contribution is 9.11. The molecule has 2 rings (SSSR count). The Labute approximate surface area is 91.7 Å². The zero-order valence-electron chi connectivity index (χ0n) is 6.56. The molecule has 0 saturated heterocycles. The molecule has 0 bridgehead atoms. The van der Waals surface area contributed by atoms with E-state index in [1.165, 1.54) is 30.6 Å². The van der Waals surface area contributed by atoms with Crippen LogP contribution < -0.4 is 0 Å². The molecular formula is C6H5BrN2O2S2. The van der Waals surface area contributed by atoms with E-state index in [4.69, 9.17) is 0 Å². The van der Waals surface area contributed by atoms with Gasteiger partial charge in [0.2, 0.25) is 0 Å². The maximum Gasteiger partial charge on any atom is 0.341 e. The summed E-state index contributed by atoms with van der Waals surface area (Å²) in [4.78, 5) is 19.5. The van der Waals surface area contributed by atoms with Crippen LogP contribution in [0.3, 0.4) is 0 Å². The van der Waals surface area contributed by atoms with Crippen LogP contribution in [0.15, 0.2) is 9.98 Å². The van der Waals surface area contributed by atoms with Crippen LogP contribution in [0.5, 0.6) is 0 Å². The fraction of sp³-hybridized carbons (Fsp3) is 0.500. The minimum atomic E-state index is -0.453. The van der Waals surface area contributed by atoms with E-state index in [2.05, 4.69) is 30.7 Å². The molecule has 0 aromatic carbocycles. The Morgan fingerprint density at radius 1 is 1.46 bits per heavy atom. The third-order valence-corrected chi connectivity index (χ3v) is 4.23. The normalized spacial score (nSPS) is 30.9. The van der Waals surface area contributed by atoms with Gasteiger partial charge in [0.1, 0.15) is 10.1 Å². The van der Waals surface area contributed by atoms with Crippen molar-refractivity contribution in [1.29, 1.82) is 0 Å². The third kappa shape index (κ3) is 1.77. The number of rotatable bonds is 1. The fourth-order valence-corrected chi connectivity index (χ4v) is 3.76. The van der Waals surface area contributed by atoms with Gasteiger partial charge in [-0.3, -0.25) is 0 Å². The highest BCUT2D eigenvalue weighted by Crippen LogP contribution is 2.38. The van der Waals surface area contributed by atoms with E-state index in [-0.39, 0.29) is 10.3 Å². The zero-order valence-corrected chi connectivity index (χ0v) is 9.78. The number of ether oxygens (including phenoxy) is 1. The van der Waals surface area contributed by atoms with E-state index in [1.54, 1.807) is 0 Å². The van der Waals surface area contributed by atoms with E-state index in [9.17, 15) is 4.79 Å². The number of nitrogens with zero attached hydrogens (tertiary/aromatic N) is 2. The Hall–Kier alpha value is -0.0100. The molecule has 0 amide bonds. The van der Waals surface area contributed by atoms with E-state index < -0.39 is 5.37 Å². The Bertz CT molecular complexity index is 318. The average Bonchev–Trinajstić information content (AvgIpc) is 2.59. The second-order valence-electron chi connectivity index (χ2n) is 2.27. The first-order valence-corrected chi connectivity index (χ1v) is 6.09. The molecule has 0 spiro atoms. The van der Waals surface area contributed by atoms with Gasteiger partial charge in [-0.15, -0.1) is 0 Å². The van der Waals surface area contributed by atoms with Gasteiger partial charge in [-0.2, -0.15) is 0 Å². The molecule has 0 radical (unpaired) electrons. The number of fused-ring (bicyclic) bond motifs is 1. The number of halogens is 1. The lowest BCUT2D eigenvalue weighted by atomic mass is 10.6. The van der Waals surface area contributed by atoms with Crippen LogP contribution in [-0.4, -0.2) is 32.8 Å². The monoisotopic (exact) mass is 280 g/mol. The minimum absolute atomic E-state index is 0.0485. The topological polar surface area (TPSA) is 51.0 Å². The first-order chi connectivity index (χ1) is 6.20. The molecule has 0 N–H and O–H groups in total. The summed E-state index contributed by atoms with van der Waals surface area (Å²) in [6, 6.07) is 0. The van der Waals surface area contributed by atoms with Crippen molar-refractivity contribution in [1.82, 2.24) is 0 Å². The van der Waals surface area contributed by atoms with Gasteiger partial charge < -0.3 is 4.74 Å². The van der Waals surface area contributed by atoms with Gasteiger partial charge in [-0.1, -0.05) is 39.5 Å². The third-order valence-electron chi connectivity index (χ3n) is 1.47. The van der Waals surface area contributed by atoms with Crippen LogP contribution in [-0.2, 0) is 9.53 Å². The van der Waals surface area contributed by atoms with Gasteiger partial charge in [-0.25, -0.2) is 14.8 Å². The molecule has 0 fully saturated rings. The van der Waals surface area contributed by atoms with E-state index in [1.807, 2.05) is 0 Å². The van der Waals surface area contributed by atoms with Gasteiger partial charge in [0, 0.05) is 0 Å². The number of hydrogen-bond acceptors (Lipinski definition) is 6. The van der Waals surface area contributed by atoms with Crippen LogP contribution in [0.4, 0.5) is 0 Å². The molecule has 2 atom stereocenters. The largest absolute Gasteiger partial charge is 0.467 e. The van der Waals surface area contributed by atoms with E-state index in [0.717, 1.165) is 10.1 Å². The molecule has 7 heteroatoms. The SMILES string of the molecule is COC(=O)C1N=C2SC(Br)N=C2S1. The van der Waals surface area contributed by atoms with Crippen molar-refractivity contribution in [2.75, 3.05) is 7.11 Å². The summed E-state index contributed by atoms with van der Waals surface area (Å²) in [5.74, 6) is -0.318. The quantitative estimate of drug-likeness (QED) is 0.415. The first kappa shape index (κ1) is 9.54. The van der Waals surface area contributed by atoms with Gasteiger partial charge in [0.25, 0.3) is 0 Å². The predicted molar refractivity (Wildman–Crippen MR) is 58.6 cm³/mol. The smallest absolute Gasteiger partial charge is 0.341 e. The van der Waals surface area contributed by atoms with E-state index >= 15 is 0 Å². The molecule has 2 aliphatic heterocycles. The molecule has 2 aliphatic rings. The summed E-state index contributed by atoms with van der Waals surface area (Å²) in [5, 5.41) is 1.22. The fourth-order valence-electron chi connectivity index (χ4n) is 0.923. The molecule has 2 unspecified atom stereocenters. The average molecular weight is 281 g/mol. The molecule has 2 heterocycles. The van der Waals surface area contributed by atoms with Gasteiger partial charge in [-0.05, 0) is 0 Å². The summed E-state index contributed by atoms with van der Waals surface area (Å²) in [5.41, 5.74) is 0. The lowest BCUT2D eigenvalue weighted by Crippen LogP contribution is -2.14. The number of aliphatic imine (C=N–C) groups is 2. The molecule has 13 heavy (non-hydrogen) atoms. The van der Waals surface area contributed by atoms with Gasteiger partial charge in [0.15, 0.2) is 9.66 Å². The number of carbonyl (C=O) groups is 1. The van der Waals surface area contributed by atoms with Crippen LogP contribution in [0, 0.1) is 0 Å². The number of methoxy groups -OCH3 is 1. The van der Waals surface area contributed by atoms with Crippen molar-refractivity contribution in [3.8, 4) is 0 Å². The standard InChI is InChI=1S/C6H5BrN2O2S2/c1-11-5(10)4-8-2-3(12-4)9-6(7)13-2/h4,6H,1H3. The number of carbonyl (C=O) groups excluding carboxylic acids is 1. The van der Waals surface area contributed by atoms with Gasteiger partial charge in [0.05, 0.1) is 7.11 Å². The Morgan fingerprint density at radius 3 is 2.77 bits per heavy atom. The van der Waals surface area contributed by atoms with E-state index in [0.29, 0.717) is 0 Å². The highest BCUT2D eigenvalue weighted by Gasteiger charge is 2.36. The van der Waals surface area contributed by atoms with Gasteiger partial charge >= 0.3 is 5.97 Å². The summed E-state index contributed by atoms with van der Waals surface area (Å²) < 4.78 is 4.63. The van der Waals surface area contributed by atoms with Crippen molar-refractivity contribution in [3.63, 3.8) is 0 Å². The van der Waals surface area contributed by atoms with Crippen molar-refractivity contribution in [2.24, 2.45) is 9.98 Å². The Kier molecular flexibility index (Phi) is 2.66. The maximum absolute atomic E-state index is 11.1. The number of esters is 1. The summed E-state index contributed by atoms with van der Waals surface area (Å²) in [6.07, 6.45) is 0. The lowest BCUT2D eigenvalue weighted by Gasteiger charge is -2.01. The molecule has 0 aromatic heterocycles. The van der Waals surface area contributed by atoms with Crippen LogP contribution >= 0.6 is 39.5 Å². The van der Waals surface area contributed by atoms with Crippen LogP contribution in [0.25, 0.3) is 0 Å². The molecule has 0 saturated carbocycles. The maximum atomic E-state index is 11.1. The Balaban J connectivity index is 2.12. The molecule has 70 valence electrons. The summed E-state index contributed by atoms with van der Waals surface area (Å²) in [7, 11) is 1.36. The molecular weight excluding hydrogens is 276 g/mol. The second-order valence-corrected chi connectivity index (χ2v) is 5.88. The zero-order chi connectivity index (χ0) is 9.42. The van der Waals surface area contributed by atoms with Crippen molar-refractivity contribution in [3.05, 3.63) is 0 Å². The van der Waals surface area contributed by atoms with Crippen LogP contribution in [0.2, 0.25) is 0 Å². The van der Waals surface area contributed by atoms with Crippen molar-refractivity contribution < 1.29 is 9.53 Å². The highest BCUT2D eigenvalue weighted by atomic mass is 79.9. The Morgan fingerprint density at radius 2 is 2.15 bits per heavy atom. The molecule has 0 aromatic rings. The number of thioether (sulfide) groups is 2. The first-order valence-electron chi connectivity index (χ1n) is 3.42.